The molecule has 0 fully saturated rings. The maximum Gasteiger partial charge on any atom is 0.155 e. The lowest BCUT2D eigenvalue weighted by Crippen LogP contribution is -1.99. The van der Waals surface area contributed by atoms with Crippen molar-refractivity contribution in [2.24, 2.45) is 0 Å². The van der Waals surface area contributed by atoms with Gasteiger partial charge in [-0.25, -0.2) is 0 Å². The first-order valence-corrected chi connectivity index (χ1v) is 6.53. The fourth-order valence-corrected chi connectivity index (χ4v) is 2.01. The Hall–Kier alpha value is -1.67. The van der Waals surface area contributed by atoms with Crippen molar-refractivity contribution in [2.45, 2.75) is 33.6 Å². The van der Waals surface area contributed by atoms with Crippen LogP contribution in [-0.4, -0.2) is 17.5 Å². The third kappa shape index (κ3) is 4.49. The molecule has 0 spiro atoms. The molecule has 1 rings (SSSR count). The van der Waals surface area contributed by atoms with Crippen LogP contribution in [0.25, 0.3) is 6.08 Å². The van der Waals surface area contributed by atoms with Gasteiger partial charge in [0, 0.05) is 5.92 Å². The van der Waals surface area contributed by atoms with Gasteiger partial charge in [-0.3, -0.25) is 4.79 Å². The summed E-state index contributed by atoms with van der Waals surface area (Å²) in [4.78, 5) is 11.3. The Bertz CT molecular complexity index is 510. The summed E-state index contributed by atoms with van der Waals surface area (Å²) < 4.78 is 0. The highest BCUT2D eigenvalue weighted by Gasteiger charge is 2.08. The monoisotopic (exact) mass is 258 g/mol. The van der Waals surface area contributed by atoms with Crippen LogP contribution in [-0.2, 0) is 4.79 Å². The number of aliphatic hydroxyl groups is 1. The molecule has 19 heavy (non-hydrogen) atoms. The largest absolute Gasteiger partial charge is 0.392 e. The second-order valence-electron chi connectivity index (χ2n) is 4.91. The molecular weight excluding hydrogens is 236 g/mol. The van der Waals surface area contributed by atoms with Gasteiger partial charge in [-0.05, 0) is 37.5 Å². The van der Waals surface area contributed by atoms with Crippen LogP contribution in [0.1, 0.15) is 43.4 Å². The van der Waals surface area contributed by atoms with Crippen molar-refractivity contribution in [3.63, 3.8) is 0 Å². The lowest BCUT2D eigenvalue weighted by Gasteiger charge is -2.13. The number of aliphatic hydroxyl groups excluding tert-OH is 1. The number of Topliss-reactive ketones (excluding diaryl/α,β-unsaturated/α-hetero) is 1. The fourth-order valence-electron chi connectivity index (χ4n) is 2.01. The normalized spacial score (nSPS) is 13.8. The molecule has 0 amide bonds. The molecule has 1 atom stereocenters. The molecular formula is C17H22O2. The van der Waals surface area contributed by atoms with Crippen molar-refractivity contribution in [1.82, 2.24) is 0 Å². The van der Waals surface area contributed by atoms with E-state index in [4.69, 9.17) is 5.11 Å². The van der Waals surface area contributed by atoms with E-state index in [1.165, 1.54) is 5.56 Å². The quantitative estimate of drug-likeness (QED) is 0.819. The summed E-state index contributed by atoms with van der Waals surface area (Å²) in [5.41, 5.74) is 4.22. The molecule has 0 saturated heterocycles. The minimum atomic E-state index is 0.0318. The molecule has 0 aliphatic rings. The van der Waals surface area contributed by atoms with Crippen LogP contribution in [0.5, 0.6) is 0 Å². The predicted octanol–water partition coefficient (Wildman–Crippen LogP) is 3.64. The summed E-state index contributed by atoms with van der Waals surface area (Å²) in [5, 5.41) is 8.90. The summed E-state index contributed by atoms with van der Waals surface area (Å²) in [5.74, 6) is 0.272. The van der Waals surface area contributed by atoms with E-state index in [1.807, 2.05) is 26.0 Å². The summed E-state index contributed by atoms with van der Waals surface area (Å²) in [6.45, 7) is 7.58. The highest BCUT2D eigenvalue weighted by molar-refractivity contribution is 5.92. The van der Waals surface area contributed by atoms with Gasteiger partial charge in [0.1, 0.15) is 0 Å². The van der Waals surface area contributed by atoms with E-state index in [9.17, 15) is 4.79 Å². The molecule has 0 bridgehead atoms. The minimum absolute atomic E-state index is 0.0318. The second kappa shape index (κ2) is 7.05. The van der Waals surface area contributed by atoms with Gasteiger partial charge in [0.15, 0.2) is 5.78 Å². The number of benzene rings is 1. The third-order valence-corrected chi connectivity index (χ3v) is 3.19. The Labute approximate surface area is 115 Å². The van der Waals surface area contributed by atoms with E-state index >= 15 is 0 Å². The summed E-state index contributed by atoms with van der Waals surface area (Å²) in [6, 6.07) is 6.24. The average molecular weight is 258 g/mol. The van der Waals surface area contributed by atoms with Gasteiger partial charge < -0.3 is 5.11 Å². The van der Waals surface area contributed by atoms with Crippen molar-refractivity contribution in [3.05, 3.63) is 52.6 Å². The summed E-state index contributed by atoms with van der Waals surface area (Å²) in [7, 11) is 0. The molecule has 0 aliphatic heterocycles. The van der Waals surface area contributed by atoms with Crippen molar-refractivity contribution in [1.29, 1.82) is 0 Å². The SMILES string of the molecule is CC(=O)/C(C)=C/[C@H](C)c1ccc(C)cc1/C=C/CO. The summed E-state index contributed by atoms with van der Waals surface area (Å²) in [6.07, 6.45) is 5.64. The standard InChI is InChI=1S/C17H22O2/c1-12-7-8-17(16(10-12)6-5-9-18)14(3)11-13(2)15(4)19/h5-8,10-11,14,18H,9H2,1-4H3/b6-5+,13-11+/t14-/m0/s1. The molecule has 1 aromatic carbocycles. The number of allylic oxidation sites excluding steroid dienone is 2. The van der Waals surface area contributed by atoms with Crippen LogP contribution >= 0.6 is 0 Å². The van der Waals surface area contributed by atoms with Gasteiger partial charge in [-0.2, -0.15) is 0 Å². The lowest BCUT2D eigenvalue weighted by atomic mass is 9.92. The van der Waals surface area contributed by atoms with Crippen molar-refractivity contribution in [2.75, 3.05) is 6.61 Å². The molecule has 0 aliphatic carbocycles. The van der Waals surface area contributed by atoms with Gasteiger partial charge in [0.2, 0.25) is 0 Å². The van der Waals surface area contributed by atoms with Crippen LogP contribution in [0.2, 0.25) is 0 Å². The number of hydrogen-bond donors (Lipinski definition) is 1. The molecule has 2 heteroatoms. The number of rotatable bonds is 5. The number of carbonyl (C=O) groups excluding carboxylic acids is 1. The predicted molar refractivity (Wildman–Crippen MR) is 80.2 cm³/mol. The molecule has 0 unspecified atom stereocenters. The van der Waals surface area contributed by atoms with Crippen LogP contribution in [0, 0.1) is 6.92 Å². The van der Waals surface area contributed by atoms with Gasteiger partial charge in [-0.1, -0.05) is 48.9 Å². The van der Waals surface area contributed by atoms with E-state index in [0.717, 1.165) is 16.7 Å². The van der Waals surface area contributed by atoms with Gasteiger partial charge in [-0.15, -0.1) is 0 Å². The topological polar surface area (TPSA) is 37.3 Å². The maximum atomic E-state index is 11.3. The van der Waals surface area contributed by atoms with E-state index in [2.05, 4.69) is 25.1 Å². The zero-order chi connectivity index (χ0) is 14.4. The molecule has 0 heterocycles. The fraction of sp³-hybridized carbons (Fsp3) is 0.353. The highest BCUT2D eigenvalue weighted by Crippen LogP contribution is 2.24. The zero-order valence-corrected chi connectivity index (χ0v) is 12.1. The van der Waals surface area contributed by atoms with Gasteiger partial charge in [0.05, 0.1) is 6.61 Å². The molecule has 0 saturated carbocycles. The smallest absolute Gasteiger partial charge is 0.155 e. The number of carbonyl (C=O) groups is 1. The Balaban J connectivity index is 3.15. The number of hydrogen-bond acceptors (Lipinski definition) is 2. The molecule has 2 nitrogen and oxygen atoms in total. The van der Waals surface area contributed by atoms with Gasteiger partial charge >= 0.3 is 0 Å². The van der Waals surface area contributed by atoms with Crippen molar-refractivity contribution >= 4 is 11.9 Å². The first-order chi connectivity index (χ1) is 8.95. The van der Waals surface area contributed by atoms with E-state index in [0.29, 0.717) is 0 Å². The van der Waals surface area contributed by atoms with Crippen molar-refractivity contribution < 1.29 is 9.90 Å². The molecule has 1 N–H and O–H groups in total. The highest BCUT2D eigenvalue weighted by atomic mass is 16.2. The van der Waals surface area contributed by atoms with Crippen molar-refractivity contribution in [3.8, 4) is 0 Å². The Kier molecular flexibility index (Phi) is 5.71. The summed E-state index contributed by atoms with van der Waals surface area (Å²) >= 11 is 0. The second-order valence-corrected chi connectivity index (χ2v) is 4.91. The van der Waals surface area contributed by atoms with E-state index in [-0.39, 0.29) is 18.3 Å². The van der Waals surface area contributed by atoms with Crippen LogP contribution < -0.4 is 0 Å². The molecule has 1 aromatic rings. The Morgan fingerprint density at radius 3 is 2.63 bits per heavy atom. The van der Waals surface area contributed by atoms with E-state index in [1.54, 1.807) is 13.0 Å². The average Bonchev–Trinajstić information content (AvgIpc) is 2.35. The molecule has 102 valence electrons. The number of aryl methyl sites for hydroxylation is 1. The number of ketones is 1. The van der Waals surface area contributed by atoms with Crippen LogP contribution in [0.3, 0.4) is 0 Å². The Morgan fingerprint density at radius 2 is 2.05 bits per heavy atom. The first kappa shape index (κ1) is 15.4. The minimum Gasteiger partial charge on any atom is -0.392 e. The third-order valence-electron chi connectivity index (χ3n) is 3.19. The molecule has 0 aromatic heterocycles. The maximum absolute atomic E-state index is 11.3. The van der Waals surface area contributed by atoms with Gasteiger partial charge in [0.25, 0.3) is 0 Å². The zero-order valence-electron chi connectivity index (χ0n) is 12.1. The molecule has 0 radical (unpaired) electrons. The van der Waals surface area contributed by atoms with Crippen LogP contribution in [0.4, 0.5) is 0 Å². The lowest BCUT2D eigenvalue weighted by molar-refractivity contribution is -0.113. The Morgan fingerprint density at radius 1 is 1.37 bits per heavy atom. The first-order valence-electron chi connectivity index (χ1n) is 6.53. The van der Waals surface area contributed by atoms with E-state index < -0.39 is 0 Å². The van der Waals surface area contributed by atoms with Crippen LogP contribution in [0.15, 0.2) is 35.9 Å².